The summed E-state index contributed by atoms with van der Waals surface area (Å²) in [5, 5.41) is 0. The molecule has 0 bridgehead atoms. The predicted molar refractivity (Wildman–Crippen MR) is 55.5 cm³/mol. The molecule has 0 aromatic carbocycles. The molecule has 0 aliphatic carbocycles. The number of hydrogen-bond donors (Lipinski definition) is 2. The quantitative estimate of drug-likeness (QED) is 0.319. The lowest BCUT2D eigenvalue weighted by Gasteiger charge is -1.89. The van der Waals surface area contributed by atoms with Gasteiger partial charge in [0.1, 0.15) is 0 Å². The molecule has 0 atom stereocenters. The molecule has 0 unspecified atom stereocenters. The molecule has 6 heteroatoms. The van der Waals surface area contributed by atoms with E-state index in [0.717, 1.165) is 13.2 Å². The van der Waals surface area contributed by atoms with E-state index < -0.39 is 8.25 Å². The number of rotatable bonds is 4. The highest BCUT2D eigenvalue weighted by atomic mass is 31.1. The highest BCUT2D eigenvalue weighted by Crippen LogP contribution is 1.98. The van der Waals surface area contributed by atoms with Crippen molar-refractivity contribution in [1.29, 1.82) is 0 Å². The zero-order chi connectivity index (χ0) is 11.2. The van der Waals surface area contributed by atoms with E-state index >= 15 is 0 Å². The first-order valence-electron chi connectivity index (χ1n) is 3.94. The van der Waals surface area contributed by atoms with Crippen LogP contribution in [0.3, 0.4) is 0 Å². The molecule has 0 radical (unpaired) electrons. The Bertz CT molecular complexity index is 143. The molecule has 1 fully saturated rings. The fraction of sp³-hybridized carbons (Fsp3) is 0.500. The van der Waals surface area contributed by atoms with Gasteiger partial charge in [-0.05, 0) is 0 Å². The summed E-state index contributed by atoms with van der Waals surface area (Å²) in [4.78, 5) is 14.3. The topological polar surface area (TPSA) is 79.3 Å². The maximum Gasteiger partial charge on any atom is 0.314 e. The normalized spacial score (nSPS) is 11.6. The number of hydrogen-bond acceptors (Lipinski definition) is 3. The van der Waals surface area contributed by atoms with Crippen LogP contribution in [0.4, 0.5) is 0 Å². The van der Waals surface area contributed by atoms with Crippen molar-refractivity contribution in [3.8, 4) is 0 Å². The summed E-state index contributed by atoms with van der Waals surface area (Å²) in [7, 11) is -3.13. The van der Waals surface area contributed by atoms with Gasteiger partial charge in [0, 0.05) is 0 Å². The van der Waals surface area contributed by atoms with E-state index in [0.29, 0.717) is 13.2 Å². The molecule has 1 aliphatic heterocycles. The van der Waals surface area contributed by atoms with Crippen LogP contribution >= 0.6 is 8.25 Å². The van der Waals surface area contributed by atoms with Crippen LogP contribution in [0.1, 0.15) is 0 Å². The molecule has 1 rings (SSSR count). The molecule has 5 nitrogen and oxygen atoms in total. The third-order valence-electron chi connectivity index (χ3n) is 0.676. The third kappa shape index (κ3) is 62.1. The summed E-state index contributed by atoms with van der Waals surface area (Å²) in [5.74, 6) is 0. The van der Waals surface area contributed by atoms with E-state index in [9.17, 15) is 0 Å². The van der Waals surface area contributed by atoms with E-state index in [4.69, 9.17) is 19.1 Å². The highest BCUT2D eigenvalue weighted by molar-refractivity contribution is 7.30. The summed E-state index contributed by atoms with van der Waals surface area (Å²) < 4.78 is 18.1. The average molecular weight is 224 g/mol. The van der Waals surface area contributed by atoms with Crippen LogP contribution in [0.5, 0.6) is 0 Å². The summed E-state index contributed by atoms with van der Waals surface area (Å²) >= 11 is 0. The minimum Gasteiger partial charge on any atom is -0.377 e. The van der Waals surface area contributed by atoms with Gasteiger partial charge in [0.2, 0.25) is 0 Å². The summed E-state index contributed by atoms with van der Waals surface area (Å²) in [5.41, 5.74) is 0. The lowest BCUT2D eigenvalue weighted by Crippen LogP contribution is -1.87. The van der Waals surface area contributed by atoms with Gasteiger partial charge in [-0.2, -0.15) is 0 Å². The lowest BCUT2D eigenvalue weighted by atomic mass is 10.6. The highest BCUT2D eigenvalue weighted by Gasteiger charge is 1.94. The molecule has 2 N–H and O–H groups in total. The maximum atomic E-state index is 8.74. The molecule has 0 aromatic heterocycles. The van der Waals surface area contributed by atoms with Crippen molar-refractivity contribution >= 4 is 8.25 Å². The van der Waals surface area contributed by atoms with Crippen LogP contribution in [0.2, 0.25) is 0 Å². The molecule has 84 valence electrons. The van der Waals surface area contributed by atoms with Gasteiger partial charge in [-0.25, -0.2) is 0 Å². The standard InChI is InChI=1S/C6H10O.C2H4O.H3O3P/c1-3-5-7-6-4-2;1-2-3-1;1-4(2)3/h3-4H,1-2,5-6H2;1-2H2;4H,(H2,1,2,3). The van der Waals surface area contributed by atoms with Crippen molar-refractivity contribution in [1.82, 2.24) is 0 Å². The average Bonchev–Trinajstić information content (AvgIpc) is 2.90. The molecule has 0 aromatic rings. The second kappa shape index (κ2) is 15.0. The molecular weight excluding hydrogens is 207 g/mol. The maximum absolute atomic E-state index is 8.74. The lowest BCUT2D eigenvalue weighted by molar-refractivity contribution is 0.194. The molecule has 0 saturated carbocycles. The fourth-order valence-electron chi connectivity index (χ4n) is 0.235. The van der Waals surface area contributed by atoms with Crippen LogP contribution in [0.15, 0.2) is 25.3 Å². The summed E-state index contributed by atoms with van der Waals surface area (Å²) in [6, 6.07) is 0. The molecule has 0 spiro atoms. The zero-order valence-corrected chi connectivity index (χ0v) is 9.02. The zero-order valence-electron chi connectivity index (χ0n) is 8.02. The van der Waals surface area contributed by atoms with Gasteiger partial charge in [-0.3, -0.25) is 4.57 Å². The second-order valence-corrected chi connectivity index (χ2v) is 2.57. The Hall–Kier alpha value is -0.450. The smallest absolute Gasteiger partial charge is 0.314 e. The van der Waals surface area contributed by atoms with Gasteiger partial charge in [0.25, 0.3) is 0 Å². The van der Waals surface area contributed by atoms with Crippen molar-refractivity contribution in [3.63, 3.8) is 0 Å². The van der Waals surface area contributed by atoms with E-state index in [1.54, 1.807) is 12.2 Å². The minimum atomic E-state index is -3.13. The van der Waals surface area contributed by atoms with Crippen molar-refractivity contribution in [2.75, 3.05) is 26.4 Å². The van der Waals surface area contributed by atoms with Crippen LogP contribution in [-0.2, 0) is 14.0 Å². The largest absolute Gasteiger partial charge is 0.377 e. The van der Waals surface area contributed by atoms with E-state index in [1.165, 1.54) is 0 Å². The van der Waals surface area contributed by atoms with Crippen molar-refractivity contribution in [3.05, 3.63) is 25.3 Å². The summed E-state index contributed by atoms with van der Waals surface area (Å²) in [6.07, 6.45) is 3.42. The Labute approximate surface area is 84.6 Å². The number of ether oxygens (including phenoxy) is 2. The van der Waals surface area contributed by atoms with Gasteiger partial charge in [0.05, 0.1) is 26.4 Å². The third-order valence-corrected chi connectivity index (χ3v) is 0.676. The SMILES string of the molecule is C1CO1.C=CCOCC=C.O=[PH](O)O. The molecular formula is C8H17O5P. The first-order chi connectivity index (χ1) is 6.65. The molecule has 1 aliphatic rings. The molecule has 0 amide bonds. The van der Waals surface area contributed by atoms with Crippen molar-refractivity contribution in [2.24, 2.45) is 0 Å². The Morgan fingerprint density at radius 1 is 1.29 bits per heavy atom. The summed E-state index contributed by atoms with van der Waals surface area (Å²) in [6.45, 7) is 10.2. The number of epoxide rings is 1. The van der Waals surface area contributed by atoms with Gasteiger partial charge in [-0.15, -0.1) is 13.2 Å². The Morgan fingerprint density at radius 2 is 1.57 bits per heavy atom. The first-order valence-corrected chi connectivity index (χ1v) is 5.24. The molecule has 14 heavy (non-hydrogen) atoms. The molecule has 1 heterocycles. The first kappa shape index (κ1) is 16.0. The van der Waals surface area contributed by atoms with Gasteiger partial charge in [0.15, 0.2) is 0 Å². The fourth-order valence-corrected chi connectivity index (χ4v) is 0.235. The minimum absolute atomic E-state index is 0.617. The van der Waals surface area contributed by atoms with Gasteiger partial charge >= 0.3 is 8.25 Å². The van der Waals surface area contributed by atoms with E-state index in [2.05, 4.69) is 17.9 Å². The van der Waals surface area contributed by atoms with Crippen LogP contribution in [-0.4, -0.2) is 36.2 Å². The molecule has 1 saturated heterocycles. The van der Waals surface area contributed by atoms with Crippen LogP contribution in [0.25, 0.3) is 0 Å². The van der Waals surface area contributed by atoms with Crippen molar-refractivity contribution < 1.29 is 23.8 Å². The Morgan fingerprint density at radius 3 is 1.71 bits per heavy atom. The van der Waals surface area contributed by atoms with Crippen LogP contribution < -0.4 is 0 Å². The van der Waals surface area contributed by atoms with E-state index in [-0.39, 0.29) is 0 Å². The van der Waals surface area contributed by atoms with Gasteiger partial charge in [-0.1, -0.05) is 12.2 Å². The second-order valence-electron chi connectivity index (χ2n) is 2.01. The van der Waals surface area contributed by atoms with Crippen LogP contribution in [0, 0.1) is 0 Å². The Balaban J connectivity index is 0. The Kier molecular flexibility index (Phi) is 17.2. The predicted octanol–water partition coefficient (Wildman–Crippen LogP) is 0.752. The van der Waals surface area contributed by atoms with E-state index in [1.807, 2.05) is 0 Å². The monoisotopic (exact) mass is 224 g/mol. The van der Waals surface area contributed by atoms with Crippen molar-refractivity contribution in [2.45, 2.75) is 0 Å². The van der Waals surface area contributed by atoms with Gasteiger partial charge < -0.3 is 19.3 Å².